The third-order valence-corrected chi connectivity index (χ3v) is 4.44. The molecule has 0 spiro atoms. The van der Waals surface area contributed by atoms with E-state index in [1.807, 2.05) is 0 Å². The summed E-state index contributed by atoms with van der Waals surface area (Å²) < 4.78 is 5.64. The van der Waals surface area contributed by atoms with Crippen molar-refractivity contribution in [1.82, 2.24) is 4.90 Å². The third kappa shape index (κ3) is 3.47. The molecule has 1 aromatic carbocycles. The maximum Gasteiger partial charge on any atom is 0.326 e. The van der Waals surface area contributed by atoms with Crippen LogP contribution in [0.3, 0.4) is 0 Å². The van der Waals surface area contributed by atoms with Crippen molar-refractivity contribution in [2.24, 2.45) is 0 Å². The topological polar surface area (TPSA) is 87.8 Å². The number of nitrogens with zero attached hydrogens (tertiary/aromatic N) is 1. The van der Waals surface area contributed by atoms with Crippen molar-refractivity contribution in [2.75, 3.05) is 6.54 Å². The van der Waals surface area contributed by atoms with Crippen LogP contribution in [0.5, 0.6) is 0 Å². The van der Waals surface area contributed by atoms with Crippen molar-refractivity contribution in [2.45, 2.75) is 32.2 Å². The number of amides is 1. The van der Waals surface area contributed by atoms with E-state index in [2.05, 4.69) is 0 Å². The molecule has 0 radical (unpaired) electrons. The molecule has 1 amide bonds. The lowest BCUT2D eigenvalue weighted by Crippen LogP contribution is -2.47. The minimum atomic E-state index is -0.986. The number of hydrogen-bond acceptors (Lipinski definition) is 4. The summed E-state index contributed by atoms with van der Waals surface area (Å²) in [7, 11) is 0. The molecule has 1 unspecified atom stereocenters. The smallest absolute Gasteiger partial charge is 0.326 e. The number of carboxylic acids is 1. The second kappa shape index (κ2) is 6.93. The number of ketones is 1. The second-order valence-corrected chi connectivity index (χ2v) is 6.15. The van der Waals surface area contributed by atoms with E-state index in [0.29, 0.717) is 24.3 Å². The van der Waals surface area contributed by atoms with Gasteiger partial charge in [0, 0.05) is 17.7 Å². The van der Waals surface area contributed by atoms with E-state index in [4.69, 9.17) is 4.42 Å². The number of carbonyl (C=O) groups is 3. The molecule has 25 heavy (non-hydrogen) atoms. The molecule has 1 aliphatic rings. The first kappa shape index (κ1) is 17.0. The fourth-order valence-corrected chi connectivity index (χ4v) is 3.05. The van der Waals surface area contributed by atoms with E-state index in [1.54, 1.807) is 36.4 Å². The van der Waals surface area contributed by atoms with E-state index in [9.17, 15) is 19.5 Å². The standard InChI is InChI=1S/C19H19NO5/c1-12(21)13-5-7-14(8-6-13)16-9-10-17(25-16)18(22)20-11-3-2-4-15(20)19(23)24/h5-10,15H,2-4,11H2,1H3,(H,23,24). The van der Waals surface area contributed by atoms with Crippen molar-refractivity contribution in [3.8, 4) is 11.3 Å². The molecule has 1 aliphatic heterocycles. The zero-order valence-corrected chi connectivity index (χ0v) is 13.9. The van der Waals surface area contributed by atoms with Crippen LogP contribution in [-0.4, -0.2) is 40.3 Å². The quantitative estimate of drug-likeness (QED) is 0.863. The Kier molecular flexibility index (Phi) is 4.70. The molecule has 1 atom stereocenters. The maximum absolute atomic E-state index is 12.6. The summed E-state index contributed by atoms with van der Waals surface area (Å²) in [6, 6.07) is 9.35. The molecule has 6 nitrogen and oxygen atoms in total. The molecule has 2 aromatic rings. The normalized spacial score (nSPS) is 17.3. The first-order valence-electron chi connectivity index (χ1n) is 8.22. The Morgan fingerprint density at radius 2 is 1.80 bits per heavy atom. The summed E-state index contributed by atoms with van der Waals surface area (Å²) in [5, 5.41) is 9.31. The Bertz CT molecular complexity index is 805. The van der Waals surface area contributed by atoms with Crippen LogP contribution in [0.1, 0.15) is 47.1 Å². The van der Waals surface area contributed by atoms with Crippen LogP contribution in [0.2, 0.25) is 0 Å². The zero-order chi connectivity index (χ0) is 18.0. The number of likely N-dealkylation sites (tertiary alicyclic amines) is 1. The molecule has 2 heterocycles. The lowest BCUT2D eigenvalue weighted by atomic mass is 10.0. The number of carboxylic acid groups (broad SMARTS) is 1. The first-order valence-corrected chi connectivity index (χ1v) is 8.22. The minimum absolute atomic E-state index is 0.0216. The number of aliphatic carboxylic acids is 1. The van der Waals surface area contributed by atoms with Gasteiger partial charge in [-0.1, -0.05) is 24.3 Å². The maximum atomic E-state index is 12.6. The number of Topliss-reactive ketones (excluding diaryl/α,β-unsaturated/α-hetero) is 1. The average molecular weight is 341 g/mol. The molecule has 0 saturated carbocycles. The second-order valence-electron chi connectivity index (χ2n) is 6.15. The lowest BCUT2D eigenvalue weighted by Gasteiger charge is -2.32. The Labute approximate surface area is 145 Å². The Morgan fingerprint density at radius 3 is 2.44 bits per heavy atom. The number of rotatable bonds is 4. The van der Waals surface area contributed by atoms with E-state index in [1.165, 1.54) is 11.8 Å². The molecular weight excluding hydrogens is 322 g/mol. The molecule has 6 heteroatoms. The molecule has 1 N–H and O–H groups in total. The largest absolute Gasteiger partial charge is 0.480 e. The van der Waals surface area contributed by atoms with E-state index in [0.717, 1.165) is 18.4 Å². The van der Waals surface area contributed by atoms with Gasteiger partial charge >= 0.3 is 5.97 Å². The zero-order valence-electron chi connectivity index (χ0n) is 13.9. The number of hydrogen-bond donors (Lipinski definition) is 1. The van der Waals surface area contributed by atoms with Crippen molar-refractivity contribution in [3.63, 3.8) is 0 Å². The lowest BCUT2D eigenvalue weighted by molar-refractivity contribution is -0.143. The summed E-state index contributed by atoms with van der Waals surface area (Å²) in [5.41, 5.74) is 1.35. The number of benzene rings is 1. The molecule has 3 rings (SSSR count). The van der Waals surface area contributed by atoms with Gasteiger partial charge in [-0.3, -0.25) is 9.59 Å². The van der Waals surface area contributed by atoms with Crippen molar-refractivity contribution in [1.29, 1.82) is 0 Å². The van der Waals surface area contributed by atoms with Gasteiger partial charge in [0.15, 0.2) is 11.5 Å². The van der Waals surface area contributed by atoms with Crippen LogP contribution in [-0.2, 0) is 4.79 Å². The molecule has 1 fully saturated rings. The van der Waals surface area contributed by atoms with E-state index < -0.39 is 17.9 Å². The molecule has 1 saturated heterocycles. The van der Waals surface area contributed by atoms with Crippen molar-refractivity contribution in [3.05, 3.63) is 47.7 Å². The van der Waals surface area contributed by atoms with E-state index in [-0.39, 0.29) is 11.5 Å². The molecule has 1 aromatic heterocycles. The highest BCUT2D eigenvalue weighted by Crippen LogP contribution is 2.26. The molecular formula is C19H19NO5. The van der Waals surface area contributed by atoms with Gasteiger partial charge in [0.05, 0.1) is 0 Å². The van der Waals surface area contributed by atoms with Crippen molar-refractivity contribution < 1.29 is 23.9 Å². The summed E-state index contributed by atoms with van der Waals surface area (Å²) >= 11 is 0. The highest BCUT2D eigenvalue weighted by molar-refractivity contribution is 5.95. The number of carbonyl (C=O) groups excluding carboxylic acids is 2. The summed E-state index contributed by atoms with van der Waals surface area (Å²) in [4.78, 5) is 36.7. The van der Waals surface area contributed by atoms with Gasteiger partial charge in [0.2, 0.25) is 0 Å². The van der Waals surface area contributed by atoms with Crippen LogP contribution < -0.4 is 0 Å². The fourth-order valence-electron chi connectivity index (χ4n) is 3.05. The van der Waals surface area contributed by atoms with Gasteiger partial charge in [0.25, 0.3) is 5.91 Å². The number of piperidine rings is 1. The first-order chi connectivity index (χ1) is 12.0. The third-order valence-electron chi connectivity index (χ3n) is 4.44. The molecule has 0 bridgehead atoms. The highest BCUT2D eigenvalue weighted by Gasteiger charge is 2.33. The van der Waals surface area contributed by atoms with Gasteiger partial charge in [-0.25, -0.2) is 4.79 Å². The predicted molar refractivity (Wildman–Crippen MR) is 90.5 cm³/mol. The monoisotopic (exact) mass is 341 g/mol. The minimum Gasteiger partial charge on any atom is -0.480 e. The number of furan rings is 1. The van der Waals surface area contributed by atoms with Gasteiger partial charge in [0.1, 0.15) is 11.8 Å². The van der Waals surface area contributed by atoms with Gasteiger partial charge in [-0.05, 0) is 38.3 Å². The van der Waals surface area contributed by atoms with Crippen LogP contribution in [0.25, 0.3) is 11.3 Å². The Morgan fingerprint density at radius 1 is 1.08 bits per heavy atom. The van der Waals surface area contributed by atoms with Gasteiger partial charge in [-0.15, -0.1) is 0 Å². The SMILES string of the molecule is CC(=O)c1ccc(-c2ccc(C(=O)N3CCCCC3C(=O)O)o2)cc1. The van der Waals surface area contributed by atoms with Gasteiger partial charge < -0.3 is 14.4 Å². The highest BCUT2D eigenvalue weighted by atomic mass is 16.4. The summed E-state index contributed by atoms with van der Waals surface area (Å²) in [5.74, 6) is -0.786. The summed E-state index contributed by atoms with van der Waals surface area (Å²) in [6.45, 7) is 1.91. The van der Waals surface area contributed by atoms with Crippen LogP contribution >= 0.6 is 0 Å². The van der Waals surface area contributed by atoms with Crippen molar-refractivity contribution >= 4 is 17.7 Å². The Hall–Kier alpha value is -2.89. The molecule has 0 aliphatic carbocycles. The predicted octanol–water partition coefficient (Wildman–Crippen LogP) is 3.23. The van der Waals surface area contributed by atoms with Gasteiger partial charge in [-0.2, -0.15) is 0 Å². The van der Waals surface area contributed by atoms with Crippen LogP contribution in [0.15, 0.2) is 40.8 Å². The average Bonchev–Trinajstić information content (AvgIpc) is 3.11. The fraction of sp³-hybridized carbons (Fsp3) is 0.316. The van der Waals surface area contributed by atoms with Crippen LogP contribution in [0.4, 0.5) is 0 Å². The summed E-state index contributed by atoms with van der Waals surface area (Å²) in [6.07, 6.45) is 2.05. The van der Waals surface area contributed by atoms with E-state index >= 15 is 0 Å². The Balaban J connectivity index is 1.81. The molecule has 130 valence electrons. The van der Waals surface area contributed by atoms with Crippen LogP contribution in [0, 0.1) is 0 Å².